The molecule has 1 heterocycles. The van der Waals surface area contributed by atoms with Gasteiger partial charge in [-0.05, 0) is 57.2 Å². The molecule has 1 aliphatic rings. The predicted molar refractivity (Wildman–Crippen MR) is 101 cm³/mol. The molecule has 0 bridgehead atoms. The number of carbonyl (C=O) groups is 1. The lowest BCUT2D eigenvalue weighted by atomic mass is 9.98. The summed E-state index contributed by atoms with van der Waals surface area (Å²) in [4.78, 5) is 12.0. The van der Waals surface area contributed by atoms with Crippen molar-refractivity contribution in [3.8, 4) is 6.07 Å². The van der Waals surface area contributed by atoms with Crippen LogP contribution in [0.5, 0.6) is 0 Å². The standard InChI is InChI=1S/C19H27N3O4S/c1-19(2,3)26-18(23)21-14-16-9-12-22(13-10-16)27(24,25)17-6-4-15(5-7-17)8-11-20/h4-7,16H,8-10,12-14H2,1-3H3,(H,21,23). The first-order valence-electron chi connectivity index (χ1n) is 9.05. The van der Waals surface area contributed by atoms with E-state index in [4.69, 9.17) is 10.00 Å². The number of nitrogens with zero attached hydrogens (tertiary/aromatic N) is 2. The van der Waals surface area contributed by atoms with Crippen LogP contribution in [0.15, 0.2) is 29.2 Å². The number of benzene rings is 1. The quantitative estimate of drug-likeness (QED) is 0.829. The molecule has 2 rings (SSSR count). The SMILES string of the molecule is CC(C)(C)OC(=O)NCC1CCN(S(=O)(=O)c2ccc(CC#N)cc2)CC1. The van der Waals surface area contributed by atoms with Crippen molar-refractivity contribution in [2.75, 3.05) is 19.6 Å². The van der Waals surface area contributed by atoms with Crippen molar-refractivity contribution in [2.45, 2.75) is 50.5 Å². The molecular formula is C19H27N3O4S. The van der Waals surface area contributed by atoms with E-state index >= 15 is 0 Å². The van der Waals surface area contributed by atoms with Crippen molar-refractivity contribution >= 4 is 16.1 Å². The number of ether oxygens (including phenoxy) is 1. The minimum Gasteiger partial charge on any atom is -0.444 e. The van der Waals surface area contributed by atoms with Crippen molar-refractivity contribution in [3.05, 3.63) is 29.8 Å². The molecule has 1 N–H and O–H groups in total. The second-order valence-corrected chi connectivity index (χ2v) is 9.65. The number of hydrogen-bond acceptors (Lipinski definition) is 5. The third-order valence-corrected chi connectivity index (χ3v) is 6.26. The summed E-state index contributed by atoms with van der Waals surface area (Å²) in [7, 11) is -3.53. The molecule has 0 spiro atoms. The molecule has 1 fully saturated rings. The van der Waals surface area contributed by atoms with Gasteiger partial charge in [0.05, 0.1) is 17.4 Å². The Hall–Kier alpha value is -2.11. The third-order valence-electron chi connectivity index (χ3n) is 4.35. The van der Waals surface area contributed by atoms with Gasteiger partial charge < -0.3 is 10.1 Å². The van der Waals surface area contributed by atoms with Crippen LogP contribution in [0.1, 0.15) is 39.2 Å². The normalized spacial score (nSPS) is 16.5. The highest BCUT2D eigenvalue weighted by molar-refractivity contribution is 7.89. The van der Waals surface area contributed by atoms with Gasteiger partial charge in [0.15, 0.2) is 0 Å². The molecule has 1 amide bonds. The van der Waals surface area contributed by atoms with Crippen molar-refractivity contribution in [1.82, 2.24) is 9.62 Å². The van der Waals surface area contributed by atoms with E-state index in [9.17, 15) is 13.2 Å². The van der Waals surface area contributed by atoms with Crippen LogP contribution in [-0.2, 0) is 21.2 Å². The fourth-order valence-corrected chi connectivity index (χ4v) is 4.38. The number of amides is 1. The molecule has 0 aromatic heterocycles. The Kier molecular flexibility index (Phi) is 6.84. The zero-order chi connectivity index (χ0) is 20.1. The van der Waals surface area contributed by atoms with Gasteiger partial charge in [-0.1, -0.05) is 12.1 Å². The van der Waals surface area contributed by atoms with Gasteiger partial charge in [-0.15, -0.1) is 0 Å². The Morgan fingerprint density at radius 3 is 2.37 bits per heavy atom. The molecule has 8 heteroatoms. The highest BCUT2D eigenvalue weighted by atomic mass is 32.2. The number of carbonyl (C=O) groups excluding carboxylic acids is 1. The number of nitrogens with one attached hydrogen (secondary N) is 1. The Morgan fingerprint density at radius 1 is 1.26 bits per heavy atom. The van der Waals surface area contributed by atoms with Gasteiger partial charge in [0, 0.05) is 19.6 Å². The molecule has 1 aromatic carbocycles. The number of rotatable bonds is 5. The number of hydrogen-bond donors (Lipinski definition) is 1. The summed E-state index contributed by atoms with van der Waals surface area (Å²) in [5.41, 5.74) is 0.257. The van der Waals surface area contributed by atoms with Crippen LogP contribution >= 0.6 is 0 Å². The maximum absolute atomic E-state index is 12.8. The molecule has 0 atom stereocenters. The van der Waals surface area contributed by atoms with Crippen molar-refractivity contribution < 1.29 is 17.9 Å². The van der Waals surface area contributed by atoms with Crippen molar-refractivity contribution in [3.63, 3.8) is 0 Å². The molecule has 0 saturated carbocycles. The van der Waals surface area contributed by atoms with Gasteiger partial charge in [0.25, 0.3) is 0 Å². The maximum atomic E-state index is 12.8. The third kappa shape index (κ3) is 6.22. The maximum Gasteiger partial charge on any atom is 0.407 e. The molecule has 1 saturated heterocycles. The monoisotopic (exact) mass is 393 g/mol. The highest BCUT2D eigenvalue weighted by Gasteiger charge is 2.29. The molecule has 1 aliphatic heterocycles. The lowest BCUT2D eigenvalue weighted by Gasteiger charge is -2.31. The first-order chi connectivity index (χ1) is 12.6. The van der Waals surface area contributed by atoms with E-state index in [1.807, 2.05) is 26.8 Å². The Morgan fingerprint density at radius 2 is 1.85 bits per heavy atom. The van der Waals surface area contributed by atoms with E-state index in [0.717, 1.165) is 5.56 Å². The van der Waals surface area contributed by atoms with Gasteiger partial charge in [-0.2, -0.15) is 9.57 Å². The molecule has 0 aliphatic carbocycles. The first-order valence-corrected chi connectivity index (χ1v) is 10.5. The van der Waals surface area contributed by atoms with E-state index in [0.29, 0.717) is 32.5 Å². The van der Waals surface area contributed by atoms with Gasteiger partial charge in [0.1, 0.15) is 5.60 Å². The molecular weight excluding hydrogens is 366 g/mol. The van der Waals surface area contributed by atoms with Gasteiger partial charge >= 0.3 is 6.09 Å². The van der Waals surface area contributed by atoms with E-state index < -0.39 is 21.7 Å². The fraction of sp³-hybridized carbons (Fsp3) is 0.579. The first kappa shape index (κ1) is 21.2. The van der Waals surface area contributed by atoms with Crippen LogP contribution in [0.25, 0.3) is 0 Å². The second-order valence-electron chi connectivity index (χ2n) is 7.71. The summed E-state index contributed by atoms with van der Waals surface area (Å²) >= 11 is 0. The van der Waals surface area contributed by atoms with Crippen LogP contribution < -0.4 is 5.32 Å². The smallest absolute Gasteiger partial charge is 0.407 e. The van der Waals surface area contributed by atoms with Crippen LogP contribution in [0.4, 0.5) is 4.79 Å². The van der Waals surface area contributed by atoms with Crippen LogP contribution in [0.2, 0.25) is 0 Å². The summed E-state index contributed by atoms with van der Waals surface area (Å²) in [6, 6.07) is 8.50. The molecule has 7 nitrogen and oxygen atoms in total. The summed E-state index contributed by atoms with van der Waals surface area (Å²) < 4.78 is 32.2. The second kappa shape index (κ2) is 8.72. The molecule has 27 heavy (non-hydrogen) atoms. The lowest BCUT2D eigenvalue weighted by molar-refractivity contribution is 0.0513. The van der Waals surface area contributed by atoms with Crippen LogP contribution in [0, 0.1) is 17.2 Å². The fourth-order valence-electron chi connectivity index (χ4n) is 2.92. The van der Waals surface area contributed by atoms with Gasteiger partial charge in [-0.25, -0.2) is 13.2 Å². The highest BCUT2D eigenvalue weighted by Crippen LogP contribution is 2.24. The number of piperidine rings is 1. The van der Waals surface area contributed by atoms with E-state index in [1.165, 1.54) is 4.31 Å². The van der Waals surface area contributed by atoms with E-state index in [2.05, 4.69) is 5.32 Å². The molecule has 0 radical (unpaired) electrons. The topological polar surface area (TPSA) is 99.5 Å². The number of alkyl carbamates (subject to hydrolysis) is 1. The van der Waals surface area contributed by atoms with Gasteiger partial charge in [0.2, 0.25) is 10.0 Å². The molecule has 1 aromatic rings. The molecule has 148 valence electrons. The van der Waals surface area contributed by atoms with Crippen LogP contribution in [0.3, 0.4) is 0 Å². The average Bonchev–Trinajstić information content (AvgIpc) is 2.60. The minimum absolute atomic E-state index is 0.224. The van der Waals surface area contributed by atoms with Crippen LogP contribution in [-0.4, -0.2) is 44.1 Å². The average molecular weight is 394 g/mol. The van der Waals surface area contributed by atoms with E-state index in [-0.39, 0.29) is 17.2 Å². The largest absolute Gasteiger partial charge is 0.444 e. The minimum atomic E-state index is -3.53. The Balaban J connectivity index is 1.87. The number of sulfonamides is 1. The molecule has 0 unspecified atom stereocenters. The van der Waals surface area contributed by atoms with E-state index in [1.54, 1.807) is 24.3 Å². The summed E-state index contributed by atoms with van der Waals surface area (Å²) in [6.45, 7) is 6.74. The van der Waals surface area contributed by atoms with Gasteiger partial charge in [-0.3, -0.25) is 0 Å². The zero-order valence-electron chi connectivity index (χ0n) is 16.1. The Labute approximate surface area is 161 Å². The lowest BCUT2D eigenvalue weighted by Crippen LogP contribution is -2.42. The summed E-state index contributed by atoms with van der Waals surface area (Å²) in [5, 5.41) is 11.5. The van der Waals surface area contributed by atoms with Crippen molar-refractivity contribution in [2.24, 2.45) is 5.92 Å². The summed E-state index contributed by atoms with van der Waals surface area (Å²) in [6.07, 6.45) is 1.18. The Bertz CT molecular complexity index is 784. The number of nitriles is 1. The van der Waals surface area contributed by atoms with Crippen molar-refractivity contribution in [1.29, 1.82) is 5.26 Å². The zero-order valence-corrected chi connectivity index (χ0v) is 16.9. The predicted octanol–water partition coefficient (Wildman–Crippen LogP) is 2.68. The summed E-state index contributed by atoms with van der Waals surface area (Å²) in [5.74, 6) is 0.224.